The number of aliphatic hydroxyl groups excluding tert-OH is 2. The summed E-state index contributed by atoms with van der Waals surface area (Å²) in [4.78, 5) is 4.47. The Hall–Kier alpha value is -1.26. The molecule has 1 heterocycles. The van der Waals surface area contributed by atoms with Crippen LogP contribution in [0.2, 0.25) is 0 Å². The third kappa shape index (κ3) is 2.76. The van der Waals surface area contributed by atoms with Gasteiger partial charge in [-0.15, -0.1) is 0 Å². The molecule has 0 saturated carbocycles. The van der Waals surface area contributed by atoms with E-state index in [1.807, 2.05) is 12.1 Å². The second-order valence-corrected chi connectivity index (χ2v) is 4.93. The van der Waals surface area contributed by atoms with E-state index >= 15 is 0 Å². The number of hydrogen-bond donors (Lipinski definition) is 2. The van der Waals surface area contributed by atoms with Crippen molar-refractivity contribution in [1.29, 1.82) is 0 Å². The van der Waals surface area contributed by atoms with Crippen molar-refractivity contribution in [1.82, 2.24) is 0 Å². The van der Waals surface area contributed by atoms with Crippen LogP contribution in [0, 0.1) is 5.92 Å². The van der Waals surface area contributed by atoms with Crippen molar-refractivity contribution < 1.29 is 10.2 Å². The quantitative estimate of drug-likeness (QED) is 0.834. The first-order valence-electron chi connectivity index (χ1n) is 6.57. The summed E-state index contributed by atoms with van der Waals surface area (Å²) >= 11 is 0. The number of nitrogens with zero attached hydrogens (tertiary/aromatic N) is 2. The van der Waals surface area contributed by atoms with Gasteiger partial charge in [-0.3, -0.25) is 0 Å². The van der Waals surface area contributed by atoms with Gasteiger partial charge in [0.25, 0.3) is 0 Å². The van der Waals surface area contributed by atoms with Gasteiger partial charge in [0, 0.05) is 26.2 Å². The molecule has 100 valence electrons. The second-order valence-electron chi connectivity index (χ2n) is 4.93. The predicted molar refractivity (Wildman–Crippen MR) is 74.2 cm³/mol. The van der Waals surface area contributed by atoms with Gasteiger partial charge in [-0.1, -0.05) is 19.1 Å². The maximum absolute atomic E-state index is 9.20. The molecule has 0 aliphatic carbocycles. The predicted octanol–water partition coefficient (Wildman–Crippen LogP) is 0.934. The summed E-state index contributed by atoms with van der Waals surface area (Å²) < 4.78 is 0. The van der Waals surface area contributed by atoms with E-state index in [9.17, 15) is 10.2 Å². The Morgan fingerprint density at radius 2 is 1.44 bits per heavy atom. The number of rotatable bonds is 4. The van der Waals surface area contributed by atoms with Crippen LogP contribution in [-0.4, -0.2) is 49.6 Å². The zero-order valence-electron chi connectivity index (χ0n) is 10.9. The highest BCUT2D eigenvalue weighted by molar-refractivity contribution is 5.72. The zero-order valence-corrected chi connectivity index (χ0v) is 10.9. The fraction of sp³-hybridized carbons (Fsp3) is 0.571. The summed E-state index contributed by atoms with van der Waals surface area (Å²) in [6.07, 6.45) is 0. The molecule has 0 fully saturated rings. The standard InChI is InChI=1S/C14H22N2O2/c1-12-10-15(6-8-17)13-4-2-3-5-14(13)16(11-12)7-9-18/h2-5,12,17-18H,6-11H2,1H3. The average molecular weight is 250 g/mol. The summed E-state index contributed by atoms with van der Waals surface area (Å²) in [5.74, 6) is 0.510. The summed E-state index contributed by atoms with van der Waals surface area (Å²) in [7, 11) is 0. The molecule has 0 bridgehead atoms. The van der Waals surface area contributed by atoms with Crippen LogP contribution in [0.25, 0.3) is 0 Å². The average Bonchev–Trinajstić information content (AvgIpc) is 2.49. The monoisotopic (exact) mass is 250 g/mol. The Labute approximate surface area is 108 Å². The molecule has 0 atom stereocenters. The van der Waals surface area contributed by atoms with Gasteiger partial charge in [0.15, 0.2) is 0 Å². The van der Waals surface area contributed by atoms with Crippen molar-refractivity contribution in [2.45, 2.75) is 6.92 Å². The molecule has 0 aromatic heterocycles. The van der Waals surface area contributed by atoms with Crippen molar-refractivity contribution in [3.05, 3.63) is 24.3 Å². The molecule has 0 amide bonds. The highest BCUT2D eigenvalue weighted by Gasteiger charge is 2.23. The number of anilines is 2. The molecule has 0 radical (unpaired) electrons. The third-order valence-corrected chi connectivity index (χ3v) is 3.37. The van der Waals surface area contributed by atoms with Gasteiger partial charge >= 0.3 is 0 Å². The van der Waals surface area contributed by atoms with Gasteiger partial charge in [-0.2, -0.15) is 0 Å². The maximum atomic E-state index is 9.20. The van der Waals surface area contributed by atoms with E-state index < -0.39 is 0 Å². The Balaban J connectivity index is 2.34. The van der Waals surface area contributed by atoms with Crippen LogP contribution < -0.4 is 9.80 Å². The van der Waals surface area contributed by atoms with Gasteiger partial charge < -0.3 is 20.0 Å². The Morgan fingerprint density at radius 1 is 1.00 bits per heavy atom. The minimum Gasteiger partial charge on any atom is -0.395 e. The lowest BCUT2D eigenvalue weighted by molar-refractivity contribution is 0.298. The Bertz CT molecular complexity index is 349. The smallest absolute Gasteiger partial charge is 0.0606 e. The van der Waals surface area contributed by atoms with E-state index in [-0.39, 0.29) is 13.2 Å². The first-order chi connectivity index (χ1) is 8.76. The number of aliphatic hydroxyl groups is 2. The lowest BCUT2D eigenvalue weighted by atomic mass is 10.1. The number of para-hydroxylation sites is 2. The maximum Gasteiger partial charge on any atom is 0.0606 e. The van der Waals surface area contributed by atoms with E-state index in [4.69, 9.17) is 0 Å². The molecule has 4 nitrogen and oxygen atoms in total. The highest BCUT2D eigenvalue weighted by Crippen LogP contribution is 2.32. The topological polar surface area (TPSA) is 46.9 Å². The molecule has 1 aliphatic heterocycles. The second kappa shape index (κ2) is 6.07. The number of hydrogen-bond acceptors (Lipinski definition) is 4. The van der Waals surface area contributed by atoms with Crippen molar-refractivity contribution >= 4 is 11.4 Å². The Kier molecular flexibility index (Phi) is 4.44. The van der Waals surface area contributed by atoms with Crippen LogP contribution in [0.5, 0.6) is 0 Å². The highest BCUT2D eigenvalue weighted by atomic mass is 16.3. The van der Waals surface area contributed by atoms with E-state index in [0.717, 1.165) is 24.5 Å². The minimum absolute atomic E-state index is 0.168. The van der Waals surface area contributed by atoms with Crippen molar-refractivity contribution in [3.8, 4) is 0 Å². The fourth-order valence-corrected chi connectivity index (χ4v) is 2.67. The van der Waals surface area contributed by atoms with E-state index in [1.54, 1.807) is 0 Å². The third-order valence-electron chi connectivity index (χ3n) is 3.37. The molecule has 1 aromatic rings. The summed E-state index contributed by atoms with van der Waals surface area (Å²) in [6, 6.07) is 8.23. The molecule has 0 spiro atoms. The lowest BCUT2D eigenvalue weighted by Crippen LogP contribution is -2.33. The van der Waals surface area contributed by atoms with Gasteiger partial charge in [0.05, 0.1) is 24.6 Å². The van der Waals surface area contributed by atoms with Gasteiger partial charge in [0.1, 0.15) is 0 Å². The molecule has 0 saturated heterocycles. The molecule has 2 N–H and O–H groups in total. The molecular formula is C14H22N2O2. The molecule has 2 rings (SSSR count). The van der Waals surface area contributed by atoms with Gasteiger partial charge in [0.2, 0.25) is 0 Å². The van der Waals surface area contributed by atoms with Crippen LogP contribution in [0.4, 0.5) is 11.4 Å². The van der Waals surface area contributed by atoms with Crippen LogP contribution in [-0.2, 0) is 0 Å². The fourth-order valence-electron chi connectivity index (χ4n) is 2.67. The van der Waals surface area contributed by atoms with Crippen molar-refractivity contribution in [2.75, 3.05) is 49.2 Å². The van der Waals surface area contributed by atoms with Crippen LogP contribution in [0.15, 0.2) is 24.3 Å². The zero-order chi connectivity index (χ0) is 13.0. The van der Waals surface area contributed by atoms with Crippen molar-refractivity contribution in [3.63, 3.8) is 0 Å². The van der Waals surface area contributed by atoms with Gasteiger partial charge in [-0.05, 0) is 18.1 Å². The first kappa shape index (κ1) is 13.2. The van der Waals surface area contributed by atoms with E-state index in [1.165, 1.54) is 0 Å². The largest absolute Gasteiger partial charge is 0.395 e. The summed E-state index contributed by atoms with van der Waals surface area (Å²) in [5, 5.41) is 18.4. The van der Waals surface area contributed by atoms with Crippen LogP contribution in [0.3, 0.4) is 0 Å². The number of benzene rings is 1. The number of β-amino-alcohol motifs (C(OH)–C–C–N with tert-alkyl or cyclic N) is 2. The normalized spacial score (nSPS) is 16.6. The minimum atomic E-state index is 0.168. The van der Waals surface area contributed by atoms with Crippen LogP contribution in [0.1, 0.15) is 6.92 Å². The van der Waals surface area contributed by atoms with Crippen molar-refractivity contribution in [2.24, 2.45) is 5.92 Å². The Morgan fingerprint density at radius 3 is 1.83 bits per heavy atom. The molecule has 1 aromatic carbocycles. The first-order valence-corrected chi connectivity index (χ1v) is 6.57. The molecular weight excluding hydrogens is 228 g/mol. The lowest BCUT2D eigenvalue weighted by Gasteiger charge is -2.26. The molecule has 1 aliphatic rings. The van der Waals surface area contributed by atoms with Gasteiger partial charge in [-0.25, -0.2) is 0 Å². The van der Waals surface area contributed by atoms with E-state index in [2.05, 4.69) is 28.9 Å². The molecule has 18 heavy (non-hydrogen) atoms. The van der Waals surface area contributed by atoms with Crippen LogP contribution >= 0.6 is 0 Å². The summed E-state index contributed by atoms with van der Waals surface area (Å²) in [6.45, 7) is 5.75. The number of fused-ring (bicyclic) bond motifs is 1. The summed E-state index contributed by atoms with van der Waals surface area (Å²) in [5.41, 5.74) is 2.31. The SMILES string of the molecule is CC1CN(CCO)c2ccccc2N(CCO)C1. The van der Waals surface area contributed by atoms with E-state index in [0.29, 0.717) is 19.0 Å². The molecule has 0 unspecified atom stereocenters. The molecule has 4 heteroatoms.